The first-order valence-electron chi connectivity index (χ1n) is 8.58. The molecule has 0 N–H and O–H groups in total. The van der Waals surface area contributed by atoms with E-state index in [1.165, 1.54) is 27.8 Å². The molecule has 0 bridgehead atoms. The molecule has 0 aliphatic rings. The molecule has 2 rings (SSSR count). The normalized spacial score (nSPS) is 9.65. The minimum absolute atomic E-state index is 0. The van der Waals surface area contributed by atoms with Crippen LogP contribution in [0.2, 0.25) is 0 Å². The summed E-state index contributed by atoms with van der Waals surface area (Å²) in [4.78, 5) is 0. The van der Waals surface area contributed by atoms with E-state index in [4.69, 9.17) is 0 Å². The van der Waals surface area contributed by atoms with Crippen LogP contribution in [0.25, 0.3) is 0 Å². The minimum atomic E-state index is 0. The maximum absolute atomic E-state index is 11.6. The van der Waals surface area contributed by atoms with E-state index in [9.17, 15) is 5.11 Å². The van der Waals surface area contributed by atoms with Gasteiger partial charge in [0.1, 0.15) is 0 Å². The smallest absolute Gasteiger partial charge is 1.00 e. The van der Waals surface area contributed by atoms with Crippen LogP contribution in [0.4, 0.5) is 0 Å². The maximum Gasteiger partial charge on any atom is 4.00 e. The average molecular weight is 431 g/mol. The van der Waals surface area contributed by atoms with Gasteiger partial charge in [0.15, 0.2) is 0 Å². The Balaban J connectivity index is -0.000000374. The van der Waals surface area contributed by atoms with Crippen molar-refractivity contribution in [2.75, 3.05) is 0 Å². The van der Waals surface area contributed by atoms with Gasteiger partial charge in [0, 0.05) is 0 Å². The van der Waals surface area contributed by atoms with E-state index in [0.29, 0.717) is 11.8 Å². The van der Waals surface area contributed by atoms with Crippen LogP contribution in [0.3, 0.4) is 0 Å². The van der Waals surface area contributed by atoms with Gasteiger partial charge < -0.3 is 29.9 Å². The summed E-state index contributed by atoms with van der Waals surface area (Å²) in [5, 5.41) is 11.6. The molecule has 0 heterocycles. The Bertz CT molecular complexity index is 593. The first kappa shape index (κ1) is 30.4. The van der Waals surface area contributed by atoms with Gasteiger partial charge in [-0.1, -0.05) is 86.1 Å². The predicted octanol–water partition coefficient (Wildman–Crippen LogP) is -0.0399. The van der Waals surface area contributed by atoms with Crippen LogP contribution in [0.5, 0.6) is 5.75 Å². The van der Waals surface area contributed by atoms with Gasteiger partial charge >= 0.3 is 21.7 Å². The van der Waals surface area contributed by atoms with Crippen molar-refractivity contribution in [1.82, 2.24) is 0 Å². The Morgan fingerprint density at radius 1 is 0.808 bits per heavy atom. The first-order chi connectivity index (χ1) is 10.6. The fourth-order valence-electron chi connectivity index (χ4n) is 2.79. The van der Waals surface area contributed by atoms with Gasteiger partial charge in [0.2, 0.25) is 0 Å². The van der Waals surface area contributed by atoms with Gasteiger partial charge in [-0.15, -0.1) is 5.75 Å². The van der Waals surface area contributed by atoms with Gasteiger partial charge in [-0.05, 0) is 17.4 Å². The van der Waals surface area contributed by atoms with Crippen LogP contribution in [0, 0.1) is 34.6 Å². The molecule has 0 aliphatic carbocycles. The van der Waals surface area contributed by atoms with Crippen LogP contribution in [-0.4, -0.2) is 0 Å². The Morgan fingerprint density at radius 3 is 1.46 bits per heavy atom. The van der Waals surface area contributed by atoms with E-state index in [0.717, 1.165) is 11.1 Å². The standard InChI is InChI=1S/C12H18O.C10H15.2ClH.Ti/c1-8(2)10-5-6-11(9(3)4)12(13)7-10;1-6-7(2)9(4)10(5)8(6)3;;;/h5-9,13H,1-4H3;1-5H3;2*1H;/q;-1;;;+4/p-3. The number of halogens is 2. The Kier molecular flexibility index (Phi) is 15.1. The molecule has 0 saturated carbocycles. The second kappa shape index (κ2) is 12.9. The van der Waals surface area contributed by atoms with E-state index >= 15 is 0 Å². The van der Waals surface area contributed by atoms with Gasteiger partial charge in [-0.3, -0.25) is 0 Å². The van der Waals surface area contributed by atoms with Gasteiger partial charge in [0.05, 0.1) is 0 Å². The number of hydrogen-bond donors (Lipinski definition) is 0. The Labute approximate surface area is 188 Å². The minimum Gasteiger partial charge on any atom is -1.00 e. The van der Waals surface area contributed by atoms with Crippen molar-refractivity contribution < 1.29 is 51.6 Å². The van der Waals surface area contributed by atoms with Crippen LogP contribution >= 0.6 is 0 Å². The van der Waals surface area contributed by atoms with E-state index < -0.39 is 0 Å². The molecule has 0 aliphatic heterocycles. The molecular formula is C22H32Cl2OTi. The van der Waals surface area contributed by atoms with Crippen LogP contribution in [0.15, 0.2) is 18.2 Å². The summed E-state index contributed by atoms with van der Waals surface area (Å²) in [5.41, 5.74) is 9.39. The quantitative estimate of drug-likeness (QED) is 0.484. The fraction of sp³-hybridized carbons (Fsp3) is 0.500. The van der Waals surface area contributed by atoms with Crippen LogP contribution < -0.4 is 29.9 Å². The van der Waals surface area contributed by atoms with E-state index in [1.54, 1.807) is 6.07 Å². The zero-order valence-corrected chi connectivity index (χ0v) is 20.6. The Morgan fingerprint density at radius 2 is 1.23 bits per heavy atom. The fourth-order valence-corrected chi connectivity index (χ4v) is 2.79. The molecule has 2 aromatic rings. The summed E-state index contributed by atoms with van der Waals surface area (Å²) in [7, 11) is 0. The summed E-state index contributed by atoms with van der Waals surface area (Å²) in [6.07, 6.45) is 0. The second-order valence-corrected chi connectivity index (χ2v) is 7.23. The molecule has 26 heavy (non-hydrogen) atoms. The topological polar surface area (TPSA) is 23.1 Å². The molecule has 1 nitrogen and oxygen atoms in total. The molecular weight excluding hydrogens is 399 g/mol. The first-order valence-corrected chi connectivity index (χ1v) is 8.58. The summed E-state index contributed by atoms with van der Waals surface area (Å²) in [6.45, 7) is 19.3. The predicted molar refractivity (Wildman–Crippen MR) is 99.8 cm³/mol. The molecule has 0 saturated heterocycles. The van der Waals surface area contributed by atoms with E-state index in [1.807, 2.05) is 19.9 Å². The van der Waals surface area contributed by atoms with Crippen molar-refractivity contribution in [2.24, 2.45) is 0 Å². The third-order valence-corrected chi connectivity index (χ3v) is 5.14. The summed E-state index contributed by atoms with van der Waals surface area (Å²) in [6, 6.07) is 5.78. The molecule has 0 amide bonds. The van der Waals surface area contributed by atoms with Crippen molar-refractivity contribution in [1.29, 1.82) is 0 Å². The number of rotatable bonds is 2. The molecule has 0 unspecified atom stereocenters. The summed E-state index contributed by atoms with van der Waals surface area (Å²) < 4.78 is 0. The largest absolute Gasteiger partial charge is 4.00 e. The zero-order valence-electron chi connectivity index (χ0n) is 17.6. The SMILES string of the molecule is CC(C)c1ccc(C(C)C)c([O-])c1.Cc1c(C)c(C)[c-](C)c1C.[Cl-].[Cl-].[Ti+4]. The molecule has 4 heteroatoms. The van der Waals surface area contributed by atoms with Gasteiger partial charge in [-0.2, -0.15) is 27.8 Å². The molecule has 0 aromatic heterocycles. The average Bonchev–Trinajstić information content (AvgIpc) is 2.65. The second-order valence-electron chi connectivity index (χ2n) is 7.23. The van der Waals surface area contributed by atoms with Crippen molar-refractivity contribution in [3.63, 3.8) is 0 Å². The van der Waals surface area contributed by atoms with Crippen molar-refractivity contribution in [2.45, 2.75) is 74.1 Å². The van der Waals surface area contributed by atoms with Crippen LogP contribution in [-0.2, 0) is 21.7 Å². The molecule has 0 spiro atoms. The zero-order chi connectivity index (χ0) is 17.9. The Hall–Kier alpha value is -0.336. The monoisotopic (exact) mass is 430 g/mol. The van der Waals surface area contributed by atoms with E-state index in [-0.39, 0.29) is 52.3 Å². The van der Waals surface area contributed by atoms with Crippen molar-refractivity contribution in [3.05, 3.63) is 57.1 Å². The van der Waals surface area contributed by atoms with Crippen molar-refractivity contribution in [3.8, 4) is 5.75 Å². The molecule has 144 valence electrons. The molecule has 0 atom stereocenters. The molecule has 2 aromatic carbocycles. The van der Waals surface area contributed by atoms with Gasteiger partial charge in [0.25, 0.3) is 0 Å². The summed E-state index contributed by atoms with van der Waals surface area (Å²) in [5.74, 6) is 0.948. The summed E-state index contributed by atoms with van der Waals surface area (Å²) >= 11 is 0. The third kappa shape index (κ3) is 7.35. The van der Waals surface area contributed by atoms with Gasteiger partial charge in [-0.25, -0.2) is 0 Å². The van der Waals surface area contributed by atoms with Crippen molar-refractivity contribution >= 4 is 0 Å². The third-order valence-electron chi connectivity index (χ3n) is 5.14. The molecule has 0 radical (unpaired) electrons. The molecule has 0 fully saturated rings. The van der Waals surface area contributed by atoms with Crippen LogP contribution in [0.1, 0.15) is 78.5 Å². The number of hydrogen-bond acceptors (Lipinski definition) is 1. The maximum atomic E-state index is 11.6. The van der Waals surface area contributed by atoms with E-state index in [2.05, 4.69) is 54.5 Å². The number of benzene rings is 1.